The number of aryl methyl sites for hydroxylation is 1. The van der Waals surface area contributed by atoms with Crippen LogP contribution in [0.4, 0.5) is 11.5 Å². The molecule has 0 bridgehead atoms. The van der Waals surface area contributed by atoms with Gasteiger partial charge in [-0.1, -0.05) is 18.2 Å². The molecule has 5 nitrogen and oxygen atoms in total. The summed E-state index contributed by atoms with van der Waals surface area (Å²) in [6, 6.07) is 18.0. The minimum Gasteiger partial charge on any atom is -0.378 e. The molecule has 0 radical (unpaired) electrons. The largest absolute Gasteiger partial charge is 0.378 e. The first-order valence-corrected chi connectivity index (χ1v) is 10.4. The number of nitrogens with one attached hydrogen (secondary N) is 1. The van der Waals surface area contributed by atoms with Crippen LogP contribution < -0.4 is 10.2 Å². The van der Waals surface area contributed by atoms with Gasteiger partial charge in [-0.05, 0) is 48.9 Å². The molecule has 1 saturated heterocycles. The molecule has 1 aliphatic rings. The first-order chi connectivity index (χ1) is 13.7. The van der Waals surface area contributed by atoms with E-state index in [-0.39, 0.29) is 5.91 Å². The molecule has 3 aromatic rings. The lowest BCUT2D eigenvalue weighted by Gasteiger charge is -2.28. The van der Waals surface area contributed by atoms with Crippen LogP contribution in [0.3, 0.4) is 0 Å². The molecule has 144 valence electrons. The maximum Gasteiger partial charge on any atom is 0.234 e. The molecule has 0 unspecified atom stereocenters. The Hall–Kier alpha value is -2.57. The van der Waals surface area contributed by atoms with E-state index in [4.69, 9.17) is 9.72 Å². The van der Waals surface area contributed by atoms with E-state index in [0.717, 1.165) is 59.2 Å². The summed E-state index contributed by atoms with van der Waals surface area (Å²) in [4.78, 5) is 20.5. The van der Waals surface area contributed by atoms with E-state index in [1.807, 2.05) is 48.5 Å². The number of carbonyl (C=O) groups is 1. The Balaban J connectivity index is 1.46. The van der Waals surface area contributed by atoms with Gasteiger partial charge in [0.05, 0.1) is 24.5 Å². The minimum absolute atomic E-state index is 0.0104. The van der Waals surface area contributed by atoms with Crippen LogP contribution in [0.15, 0.2) is 59.5 Å². The summed E-state index contributed by atoms with van der Waals surface area (Å²) < 4.78 is 5.43. The Bertz CT molecular complexity index is 972. The van der Waals surface area contributed by atoms with Gasteiger partial charge in [0.2, 0.25) is 5.91 Å². The highest BCUT2D eigenvalue weighted by Crippen LogP contribution is 2.26. The maximum atomic E-state index is 12.3. The lowest BCUT2D eigenvalue weighted by molar-refractivity contribution is -0.113. The molecule has 1 fully saturated rings. The van der Waals surface area contributed by atoms with Crippen LogP contribution in [0.2, 0.25) is 0 Å². The van der Waals surface area contributed by atoms with Crippen molar-refractivity contribution in [2.24, 2.45) is 0 Å². The second kappa shape index (κ2) is 8.63. The number of benzene rings is 2. The van der Waals surface area contributed by atoms with Gasteiger partial charge in [-0.3, -0.25) is 4.79 Å². The summed E-state index contributed by atoms with van der Waals surface area (Å²) in [7, 11) is 0. The molecule has 1 amide bonds. The van der Waals surface area contributed by atoms with Crippen molar-refractivity contribution >= 4 is 40.1 Å². The van der Waals surface area contributed by atoms with E-state index in [1.54, 1.807) is 0 Å². The molecule has 0 saturated carbocycles. The van der Waals surface area contributed by atoms with E-state index < -0.39 is 0 Å². The average molecular weight is 394 g/mol. The normalized spacial score (nSPS) is 14.2. The minimum atomic E-state index is -0.0104. The molecule has 28 heavy (non-hydrogen) atoms. The Morgan fingerprint density at radius 1 is 1.14 bits per heavy atom. The molecule has 0 atom stereocenters. The third kappa shape index (κ3) is 4.46. The van der Waals surface area contributed by atoms with Crippen molar-refractivity contribution in [1.29, 1.82) is 0 Å². The summed E-state index contributed by atoms with van der Waals surface area (Å²) in [6.45, 7) is 5.30. The van der Waals surface area contributed by atoms with Crippen molar-refractivity contribution < 1.29 is 9.53 Å². The van der Waals surface area contributed by atoms with Gasteiger partial charge >= 0.3 is 0 Å². The molecule has 0 spiro atoms. The molecule has 1 aromatic heterocycles. The quantitative estimate of drug-likeness (QED) is 0.661. The van der Waals surface area contributed by atoms with Gasteiger partial charge in [-0.2, -0.15) is 0 Å². The lowest BCUT2D eigenvalue weighted by Crippen LogP contribution is -2.36. The van der Waals surface area contributed by atoms with Crippen molar-refractivity contribution in [3.8, 4) is 0 Å². The summed E-state index contributed by atoms with van der Waals surface area (Å²) in [5, 5.41) is 4.06. The molecule has 2 aromatic carbocycles. The number of hydrogen-bond donors (Lipinski definition) is 1. The summed E-state index contributed by atoms with van der Waals surface area (Å²) in [5.41, 5.74) is 2.90. The Labute approximate surface area is 169 Å². The number of pyridine rings is 1. The second-order valence-electron chi connectivity index (χ2n) is 6.78. The Morgan fingerprint density at radius 3 is 2.71 bits per heavy atom. The number of ether oxygens (including phenoxy) is 1. The van der Waals surface area contributed by atoms with Crippen LogP contribution in [0, 0.1) is 6.92 Å². The van der Waals surface area contributed by atoms with E-state index in [1.165, 1.54) is 11.8 Å². The van der Waals surface area contributed by atoms with Crippen LogP contribution in [-0.4, -0.2) is 42.9 Å². The number of thioether (sulfide) groups is 1. The van der Waals surface area contributed by atoms with Crippen LogP contribution in [0.1, 0.15) is 5.56 Å². The number of carbonyl (C=O) groups excluding carboxylic acids is 1. The maximum absolute atomic E-state index is 12.3. The SMILES string of the molecule is Cc1cc(N2CCOCC2)nc2ccc(NC(=O)CSc3ccccc3)cc12. The van der Waals surface area contributed by atoms with Crippen LogP contribution in [-0.2, 0) is 9.53 Å². The van der Waals surface area contributed by atoms with Crippen LogP contribution in [0.25, 0.3) is 10.9 Å². The van der Waals surface area contributed by atoms with Gasteiger partial charge in [0.15, 0.2) is 0 Å². The molecular weight excluding hydrogens is 370 g/mol. The number of rotatable bonds is 5. The second-order valence-corrected chi connectivity index (χ2v) is 7.83. The van der Waals surface area contributed by atoms with E-state index >= 15 is 0 Å². The fourth-order valence-corrected chi connectivity index (χ4v) is 3.99. The highest BCUT2D eigenvalue weighted by Gasteiger charge is 2.14. The Morgan fingerprint density at radius 2 is 1.93 bits per heavy atom. The number of fused-ring (bicyclic) bond motifs is 1. The topological polar surface area (TPSA) is 54.5 Å². The zero-order valence-electron chi connectivity index (χ0n) is 15.9. The Kier molecular flexibility index (Phi) is 5.78. The third-order valence-electron chi connectivity index (χ3n) is 4.73. The zero-order chi connectivity index (χ0) is 19.3. The smallest absolute Gasteiger partial charge is 0.234 e. The average Bonchev–Trinajstić information content (AvgIpc) is 2.74. The monoisotopic (exact) mass is 393 g/mol. The van der Waals surface area contributed by atoms with Gasteiger partial charge in [0, 0.05) is 29.1 Å². The van der Waals surface area contributed by atoms with Gasteiger partial charge in [0.25, 0.3) is 0 Å². The van der Waals surface area contributed by atoms with Crippen LogP contribution in [0.5, 0.6) is 0 Å². The van der Waals surface area contributed by atoms with Crippen molar-refractivity contribution in [3.63, 3.8) is 0 Å². The molecule has 1 N–H and O–H groups in total. The zero-order valence-corrected chi connectivity index (χ0v) is 16.7. The standard InChI is InChI=1S/C22H23N3O2S/c1-16-13-21(25-9-11-27-12-10-25)24-20-8-7-17(14-19(16)20)23-22(26)15-28-18-5-3-2-4-6-18/h2-8,13-14H,9-12,15H2,1H3,(H,23,26). The fourth-order valence-electron chi connectivity index (χ4n) is 3.27. The van der Waals surface area contributed by atoms with E-state index in [9.17, 15) is 4.79 Å². The van der Waals surface area contributed by atoms with Crippen molar-refractivity contribution in [1.82, 2.24) is 4.98 Å². The summed E-state index contributed by atoms with van der Waals surface area (Å²) >= 11 is 1.53. The van der Waals surface area contributed by atoms with Gasteiger partial charge in [0.1, 0.15) is 5.82 Å². The van der Waals surface area contributed by atoms with Crippen molar-refractivity contribution in [2.45, 2.75) is 11.8 Å². The van der Waals surface area contributed by atoms with E-state index in [0.29, 0.717) is 5.75 Å². The summed E-state index contributed by atoms with van der Waals surface area (Å²) in [5.74, 6) is 1.36. The molecule has 2 heterocycles. The molecule has 1 aliphatic heterocycles. The molecular formula is C22H23N3O2S. The number of hydrogen-bond acceptors (Lipinski definition) is 5. The van der Waals surface area contributed by atoms with Crippen molar-refractivity contribution in [2.75, 3.05) is 42.3 Å². The predicted octanol–water partition coefficient (Wildman–Crippen LogP) is 4.11. The highest BCUT2D eigenvalue weighted by molar-refractivity contribution is 8.00. The third-order valence-corrected chi connectivity index (χ3v) is 5.75. The molecule has 6 heteroatoms. The van der Waals surface area contributed by atoms with Gasteiger partial charge in [-0.15, -0.1) is 11.8 Å². The predicted molar refractivity (Wildman–Crippen MR) is 115 cm³/mol. The highest BCUT2D eigenvalue weighted by atomic mass is 32.2. The number of nitrogens with zero attached hydrogens (tertiary/aromatic N) is 2. The van der Waals surface area contributed by atoms with Gasteiger partial charge < -0.3 is 15.0 Å². The first kappa shape index (κ1) is 18.8. The summed E-state index contributed by atoms with van der Waals surface area (Å²) in [6.07, 6.45) is 0. The first-order valence-electron chi connectivity index (χ1n) is 9.41. The fraction of sp³-hybridized carbons (Fsp3) is 0.273. The van der Waals surface area contributed by atoms with E-state index in [2.05, 4.69) is 23.2 Å². The van der Waals surface area contributed by atoms with Crippen molar-refractivity contribution in [3.05, 3.63) is 60.2 Å². The van der Waals surface area contributed by atoms with Crippen LogP contribution >= 0.6 is 11.8 Å². The number of anilines is 2. The number of amides is 1. The number of morpholine rings is 1. The van der Waals surface area contributed by atoms with Gasteiger partial charge in [-0.25, -0.2) is 4.98 Å². The molecule has 4 rings (SSSR count). The lowest BCUT2D eigenvalue weighted by atomic mass is 10.1. The molecule has 0 aliphatic carbocycles. The number of aromatic nitrogens is 1.